The molecule has 1 heteroatoms. The van der Waals surface area contributed by atoms with Gasteiger partial charge in [-0.15, -0.1) is 0 Å². The smallest absolute Gasteiger partial charge is 0.00759 e. The molecule has 0 heterocycles. The minimum Gasteiger partial charge on any atom is -0.317 e. The SMILES string of the molecule is C=C(/C=C\C=C/C)CC(C)NC. The Morgan fingerprint density at radius 3 is 2.67 bits per heavy atom. The lowest BCUT2D eigenvalue weighted by atomic mass is 10.1. The fraction of sp³-hybridized carbons (Fsp3) is 0.455. The molecule has 0 aromatic carbocycles. The second-order valence-electron chi connectivity index (χ2n) is 2.94. The monoisotopic (exact) mass is 165 g/mol. The van der Waals surface area contributed by atoms with E-state index in [0.717, 1.165) is 12.0 Å². The Hall–Kier alpha value is -0.820. The molecular weight excluding hydrogens is 146 g/mol. The van der Waals surface area contributed by atoms with Crippen LogP contribution in [0.5, 0.6) is 0 Å². The molecule has 0 saturated heterocycles. The first-order chi connectivity index (χ1) is 5.70. The quantitative estimate of drug-likeness (QED) is 0.618. The number of nitrogens with one attached hydrogen (secondary N) is 1. The number of hydrogen-bond acceptors (Lipinski definition) is 1. The summed E-state index contributed by atoms with van der Waals surface area (Å²) in [4.78, 5) is 0. The average molecular weight is 165 g/mol. The molecule has 0 fully saturated rings. The lowest BCUT2D eigenvalue weighted by molar-refractivity contribution is 0.611. The zero-order valence-electron chi connectivity index (χ0n) is 8.30. The molecule has 0 amide bonds. The molecule has 0 rings (SSSR count). The first-order valence-electron chi connectivity index (χ1n) is 4.35. The largest absolute Gasteiger partial charge is 0.317 e. The summed E-state index contributed by atoms with van der Waals surface area (Å²) in [6.07, 6.45) is 9.09. The van der Waals surface area contributed by atoms with Crippen molar-refractivity contribution in [3.05, 3.63) is 36.5 Å². The standard InChI is InChI=1S/C11H19N/c1-5-6-7-8-10(2)9-11(3)12-4/h5-8,11-12H,2,9H2,1,3-4H3/b6-5-,8-7-. The van der Waals surface area contributed by atoms with Gasteiger partial charge in [-0.25, -0.2) is 0 Å². The maximum absolute atomic E-state index is 3.95. The fourth-order valence-electron chi connectivity index (χ4n) is 0.866. The van der Waals surface area contributed by atoms with Gasteiger partial charge in [0.05, 0.1) is 0 Å². The van der Waals surface area contributed by atoms with Crippen molar-refractivity contribution in [2.24, 2.45) is 0 Å². The van der Waals surface area contributed by atoms with E-state index in [2.05, 4.69) is 18.8 Å². The van der Waals surface area contributed by atoms with Gasteiger partial charge in [0.15, 0.2) is 0 Å². The van der Waals surface area contributed by atoms with Gasteiger partial charge in [0.2, 0.25) is 0 Å². The van der Waals surface area contributed by atoms with Crippen molar-refractivity contribution < 1.29 is 0 Å². The molecule has 68 valence electrons. The molecule has 0 aliphatic carbocycles. The molecule has 0 saturated carbocycles. The van der Waals surface area contributed by atoms with Crippen molar-refractivity contribution in [2.45, 2.75) is 26.3 Å². The Balaban J connectivity index is 3.73. The number of rotatable bonds is 5. The van der Waals surface area contributed by atoms with Crippen molar-refractivity contribution in [1.82, 2.24) is 5.32 Å². The van der Waals surface area contributed by atoms with Gasteiger partial charge < -0.3 is 5.32 Å². The van der Waals surface area contributed by atoms with E-state index < -0.39 is 0 Å². The first-order valence-corrected chi connectivity index (χ1v) is 4.35. The number of allylic oxidation sites excluding steroid dienone is 4. The summed E-state index contributed by atoms with van der Waals surface area (Å²) in [5.74, 6) is 0. The third-order valence-electron chi connectivity index (χ3n) is 1.70. The maximum atomic E-state index is 3.95. The third-order valence-corrected chi connectivity index (χ3v) is 1.70. The van der Waals surface area contributed by atoms with Gasteiger partial charge in [0.25, 0.3) is 0 Å². The highest BCUT2D eigenvalue weighted by Crippen LogP contribution is 2.03. The van der Waals surface area contributed by atoms with Gasteiger partial charge in [-0.3, -0.25) is 0 Å². The molecule has 12 heavy (non-hydrogen) atoms. The van der Waals surface area contributed by atoms with Gasteiger partial charge in [-0.2, -0.15) is 0 Å². The zero-order valence-corrected chi connectivity index (χ0v) is 8.30. The highest BCUT2D eigenvalue weighted by Gasteiger charge is 1.97. The van der Waals surface area contributed by atoms with Crippen LogP contribution in [-0.4, -0.2) is 13.1 Å². The van der Waals surface area contributed by atoms with E-state index in [4.69, 9.17) is 0 Å². The molecular formula is C11H19N. The van der Waals surface area contributed by atoms with Crippen LogP contribution in [0.1, 0.15) is 20.3 Å². The van der Waals surface area contributed by atoms with Crippen LogP contribution in [0, 0.1) is 0 Å². The van der Waals surface area contributed by atoms with Gasteiger partial charge in [-0.1, -0.05) is 36.5 Å². The molecule has 1 atom stereocenters. The van der Waals surface area contributed by atoms with E-state index in [1.807, 2.05) is 38.3 Å². The second kappa shape index (κ2) is 6.86. The second-order valence-corrected chi connectivity index (χ2v) is 2.94. The van der Waals surface area contributed by atoms with Crippen molar-refractivity contribution >= 4 is 0 Å². The van der Waals surface area contributed by atoms with Crippen molar-refractivity contribution in [3.8, 4) is 0 Å². The van der Waals surface area contributed by atoms with Gasteiger partial charge in [-0.05, 0) is 27.3 Å². The maximum Gasteiger partial charge on any atom is 0.00759 e. The summed E-state index contributed by atoms with van der Waals surface area (Å²) in [6.45, 7) is 8.10. The normalized spacial score (nSPS) is 14.2. The Morgan fingerprint density at radius 1 is 1.50 bits per heavy atom. The van der Waals surface area contributed by atoms with E-state index in [0.29, 0.717) is 6.04 Å². The molecule has 0 spiro atoms. The predicted octanol–water partition coefficient (Wildman–Crippen LogP) is 2.67. The van der Waals surface area contributed by atoms with E-state index in [9.17, 15) is 0 Å². The van der Waals surface area contributed by atoms with Crippen LogP contribution in [0.15, 0.2) is 36.5 Å². The highest BCUT2D eigenvalue weighted by molar-refractivity contribution is 5.19. The van der Waals surface area contributed by atoms with Crippen LogP contribution in [0.2, 0.25) is 0 Å². The van der Waals surface area contributed by atoms with Crippen LogP contribution in [0.4, 0.5) is 0 Å². The highest BCUT2D eigenvalue weighted by atomic mass is 14.8. The summed E-state index contributed by atoms with van der Waals surface area (Å²) in [6, 6.07) is 0.507. The van der Waals surface area contributed by atoms with Crippen LogP contribution >= 0.6 is 0 Å². The average Bonchev–Trinajstić information content (AvgIpc) is 2.05. The first kappa shape index (κ1) is 11.2. The molecule has 1 nitrogen and oxygen atoms in total. The summed E-state index contributed by atoms with van der Waals surface area (Å²) >= 11 is 0. The molecule has 1 unspecified atom stereocenters. The Bertz CT molecular complexity index is 177. The van der Waals surface area contributed by atoms with E-state index in [-0.39, 0.29) is 0 Å². The minimum absolute atomic E-state index is 0.507. The minimum atomic E-state index is 0.507. The molecule has 0 aromatic rings. The Kier molecular flexibility index (Phi) is 6.39. The molecule has 0 bridgehead atoms. The van der Waals surface area contributed by atoms with Gasteiger partial charge in [0.1, 0.15) is 0 Å². The van der Waals surface area contributed by atoms with E-state index in [1.54, 1.807) is 0 Å². The predicted molar refractivity (Wildman–Crippen MR) is 56.2 cm³/mol. The van der Waals surface area contributed by atoms with Gasteiger partial charge in [0, 0.05) is 6.04 Å². The zero-order chi connectivity index (χ0) is 9.40. The Morgan fingerprint density at radius 2 is 2.17 bits per heavy atom. The molecule has 0 aliphatic heterocycles. The van der Waals surface area contributed by atoms with Crippen LogP contribution in [0.3, 0.4) is 0 Å². The van der Waals surface area contributed by atoms with Crippen molar-refractivity contribution in [2.75, 3.05) is 7.05 Å². The van der Waals surface area contributed by atoms with Gasteiger partial charge >= 0.3 is 0 Å². The van der Waals surface area contributed by atoms with Crippen molar-refractivity contribution in [3.63, 3.8) is 0 Å². The van der Waals surface area contributed by atoms with E-state index in [1.165, 1.54) is 0 Å². The summed E-state index contributed by atoms with van der Waals surface area (Å²) in [7, 11) is 1.97. The third kappa shape index (κ3) is 5.93. The fourth-order valence-corrected chi connectivity index (χ4v) is 0.866. The molecule has 1 N–H and O–H groups in total. The lowest BCUT2D eigenvalue weighted by Crippen LogP contribution is -2.20. The summed E-state index contributed by atoms with van der Waals surface area (Å²) < 4.78 is 0. The Labute approximate surface area is 75.9 Å². The molecule has 0 radical (unpaired) electrons. The lowest BCUT2D eigenvalue weighted by Gasteiger charge is -2.08. The topological polar surface area (TPSA) is 12.0 Å². The van der Waals surface area contributed by atoms with E-state index >= 15 is 0 Å². The van der Waals surface area contributed by atoms with Crippen LogP contribution in [0.25, 0.3) is 0 Å². The number of hydrogen-bond donors (Lipinski definition) is 1. The van der Waals surface area contributed by atoms with Crippen molar-refractivity contribution in [1.29, 1.82) is 0 Å². The van der Waals surface area contributed by atoms with Crippen LogP contribution in [-0.2, 0) is 0 Å². The molecule has 0 aliphatic rings. The van der Waals surface area contributed by atoms with Crippen LogP contribution < -0.4 is 5.32 Å². The summed E-state index contributed by atoms with van der Waals surface area (Å²) in [5.41, 5.74) is 1.16. The molecule has 0 aromatic heterocycles. The summed E-state index contributed by atoms with van der Waals surface area (Å²) in [5, 5.41) is 3.17.